The molecule has 2 aromatic rings. The molecule has 3 nitrogen and oxygen atoms in total. The van der Waals surface area contributed by atoms with E-state index in [2.05, 4.69) is 60.5 Å². The molecule has 1 N–H and O–H groups in total. The Labute approximate surface area is 140 Å². The van der Waals surface area contributed by atoms with Crippen LogP contribution in [-0.4, -0.2) is 19.2 Å². The van der Waals surface area contributed by atoms with Crippen LogP contribution in [0.5, 0.6) is 5.75 Å². The molecule has 3 heteroatoms. The maximum atomic E-state index is 5.66. The molecule has 0 spiro atoms. The van der Waals surface area contributed by atoms with E-state index in [4.69, 9.17) is 4.74 Å². The summed E-state index contributed by atoms with van der Waals surface area (Å²) in [6.45, 7) is 11.3. The molecule has 0 aliphatic heterocycles. The largest absolute Gasteiger partial charge is 0.491 e. The van der Waals surface area contributed by atoms with Gasteiger partial charge in [0.25, 0.3) is 0 Å². The molecule has 0 aromatic heterocycles. The standard InChI is InChI=1S/C20H28N2O/c1-5-22(6-2)19-11-9-18(10-12-19)21-15-17-7-13-20(14-8-17)23-16(3)4/h7-14,16,21H,5-6,15H2,1-4H3. The molecule has 0 saturated carbocycles. The van der Waals surface area contributed by atoms with E-state index in [1.54, 1.807) is 0 Å². The molecule has 0 atom stereocenters. The normalized spacial score (nSPS) is 10.7. The van der Waals surface area contributed by atoms with Gasteiger partial charge in [-0.1, -0.05) is 12.1 Å². The smallest absolute Gasteiger partial charge is 0.119 e. The lowest BCUT2D eigenvalue weighted by Gasteiger charge is -2.21. The molecule has 23 heavy (non-hydrogen) atoms. The van der Waals surface area contributed by atoms with Crippen LogP contribution in [0.3, 0.4) is 0 Å². The molecule has 124 valence electrons. The summed E-state index contributed by atoms with van der Waals surface area (Å²) >= 11 is 0. The summed E-state index contributed by atoms with van der Waals surface area (Å²) in [5, 5.41) is 3.46. The summed E-state index contributed by atoms with van der Waals surface area (Å²) in [6.07, 6.45) is 0.211. The third-order valence-electron chi connectivity index (χ3n) is 3.79. The molecular weight excluding hydrogens is 284 g/mol. The summed E-state index contributed by atoms with van der Waals surface area (Å²) in [7, 11) is 0. The van der Waals surface area contributed by atoms with Gasteiger partial charge in [-0.3, -0.25) is 0 Å². The van der Waals surface area contributed by atoms with E-state index in [1.165, 1.54) is 11.3 Å². The van der Waals surface area contributed by atoms with Crippen molar-refractivity contribution >= 4 is 11.4 Å². The van der Waals surface area contributed by atoms with Gasteiger partial charge in [0.2, 0.25) is 0 Å². The van der Waals surface area contributed by atoms with Gasteiger partial charge in [0.05, 0.1) is 6.10 Å². The van der Waals surface area contributed by atoms with Crippen molar-refractivity contribution in [3.05, 3.63) is 54.1 Å². The molecule has 0 fully saturated rings. The number of benzene rings is 2. The van der Waals surface area contributed by atoms with Crippen molar-refractivity contribution in [3.8, 4) is 5.75 Å². The molecule has 2 aromatic carbocycles. The zero-order valence-electron chi connectivity index (χ0n) is 14.7. The zero-order valence-corrected chi connectivity index (χ0v) is 14.7. The van der Waals surface area contributed by atoms with Crippen LogP contribution in [0.25, 0.3) is 0 Å². The van der Waals surface area contributed by atoms with Crippen LogP contribution in [0.2, 0.25) is 0 Å². The molecule has 0 aliphatic carbocycles. The lowest BCUT2D eigenvalue weighted by molar-refractivity contribution is 0.242. The highest BCUT2D eigenvalue weighted by atomic mass is 16.5. The molecule has 0 aliphatic rings. The van der Waals surface area contributed by atoms with Crippen molar-refractivity contribution in [2.45, 2.75) is 40.3 Å². The predicted molar refractivity (Wildman–Crippen MR) is 99.5 cm³/mol. The Morgan fingerprint density at radius 3 is 2.04 bits per heavy atom. The number of ether oxygens (including phenoxy) is 1. The Hall–Kier alpha value is -2.16. The van der Waals surface area contributed by atoms with E-state index in [1.807, 2.05) is 26.0 Å². The first-order chi connectivity index (χ1) is 11.1. The first-order valence-corrected chi connectivity index (χ1v) is 8.46. The Bertz CT molecular complexity index is 572. The highest BCUT2D eigenvalue weighted by molar-refractivity contribution is 5.55. The second-order valence-electron chi connectivity index (χ2n) is 5.88. The summed E-state index contributed by atoms with van der Waals surface area (Å²) < 4.78 is 5.66. The van der Waals surface area contributed by atoms with E-state index in [9.17, 15) is 0 Å². The Morgan fingerprint density at radius 2 is 1.52 bits per heavy atom. The molecule has 0 amide bonds. The third kappa shape index (κ3) is 5.20. The van der Waals surface area contributed by atoms with Crippen molar-refractivity contribution in [3.63, 3.8) is 0 Å². The third-order valence-corrected chi connectivity index (χ3v) is 3.79. The van der Waals surface area contributed by atoms with Gasteiger partial charge in [0, 0.05) is 31.0 Å². The van der Waals surface area contributed by atoms with Gasteiger partial charge < -0.3 is 15.0 Å². The lowest BCUT2D eigenvalue weighted by atomic mass is 10.2. The summed E-state index contributed by atoms with van der Waals surface area (Å²) in [6, 6.07) is 16.9. The van der Waals surface area contributed by atoms with Gasteiger partial charge in [-0.2, -0.15) is 0 Å². The molecule has 0 heterocycles. The topological polar surface area (TPSA) is 24.5 Å². The Morgan fingerprint density at radius 1 is 0.913 bits per heavy atom. The second kappa shape index (κ2) is 8.47. The van der Waals surface area contributed by atoms with Crippen molar-refractivity contribution < 1.29 is 4.74 Å². The SMILES string of the molecule is CCN(CC)c1ccc(NCc2ccc(OC(C)C)cc2)cc1. The van der Waals surface area contributed by atoms with E-state index in [-0.39, 0.29) is 6.10 Å². The first kappa shape index (κ1) is 17.2. The predicted octanol–water partition coefficient (Wildman–Crippen LogP) is 4.93. The first-order valence-electron chi connectivity index (χ1n) is 8.46. The monoisotopic (exact) mass is 312 g/mol. The van der Waals surface area contributed by atoms with Gasteiger partial charge in [0.15, 0.2) is 0 Å². The fourth-order valence-corrected chi connectivity index (χ4v) is 2.54. The summed E-state index contributed by atoms with van der Waals surface area (Å²) in [4.78, 5) is 2.34. The van der Waals surface area contributed by atoms with Crippen LogP contribution in [0.15, 0.2) is 48.5 Å². The Kier molecular flexibility index (Phi) is 6.33. The highest BCUT2D eigenvalue weighted by Gasteiger charge is 2.02. The fraction of sp³-hybridized carbons (Fsp3) is 0.400. The molecule has 2 rings (SSSR count). The molecule has 0 radical (unpaired) electrons. The second-order valence-corrected chi connectivity index (χ2v) is 5.88. The van der Waals surface area contributed by atoms with E-state index >= 15 is 0 Å². The summed E-state index contributed by atoms with van der Waals surface area (Å²) in [5.41, 5.74) is 3.66. The average Bonchev–Trinajstić information content (AvgIpc) is 2.56. The van der Waals surface area contributed by atoms with E-state index < -0.39 is 0 Å². The van der Waals surface area contributed by atoms with Crippen LogP contribution in [0.1, 0.15) is 33.3 Å². The van der Waals surface area contributed by atoms with Crippen molar-refractivity contribution in [1.82, 2.24) is 0 Å². The number of hydrogen-bond donors (Lipinski definition) is 1. The average molecular weight is 312 g/mol. The minimum absolute atomic E-state index is 0.211. The molecule has 0 bridgehead atoms. The van der Waals surface area contributed by atoms with Crippen molar-refractivity contribution in [2.75, 3.05) is 23.3 Å². The maximum absolute atomic E-state index is 5.66. The van der Waals surface area contributed by atoms with Gasteiger partial charge >= 0.3 is 0 Å². The number of nitrogens with one attached hydrogen (secondary N) is 1. The fourth-order valence-electron chi connectivity index (χ4n) is 2.54. The minimum atomic E-state index is 0.211. The van der Waals surface area contributed by atoms with Crippen LogP contribution < -0.4 is 15.0 Å². The van der Waals surface area contributed by atoms with Crippen molar-refractivity contribution in [2.24, 2.45) is 0 Å². The van der Waals surface area contributed by atoms with Gasteiger partial charge in [-0.25, -0.2) is 0 Å². The number of nitrogens with zero attached hydrogens (tertiary/aromatic N) is 1. The number of hydrogen-bond acceptors (Lipinski definition) is 3. The number of rotatable bonds is 8. The molecule has 0 unspecified atom stereocenters. The van der Waals surface area contributed by atoms with Crippen LogP contribution >= 0.6 is 0 Å². The highest BCUT2D eigenvalue weighted by Crippen LogP contribution is 2.19. The zero-order chi connectivity index (χ0) is 16.7. The van der Waals surface area contributed by atoms with E-state index in [0.29, 0.717) is 0 Å². The van der Waals surface area contributed by atoms with Crippen LogP contribution in [0, 0.1) is 0 Å². The van der Waals surface area contributed by atoms with Gasteiger partial charge in [0.1, 0.15) is 5.75 Å². The van der Waals surface area contributed by atoms with Gasteiger partial charge in [-0.15, -0.1) is 0 Å². The maximum Gasteiger partial charge on any atom is 0.119 e. The van der Waals surface area contributed by atoms with Crippen molar-refractivity contribution in [1.29, 1.82) is 0 Å². The number of anilines is 2. The lowest BCUT2D eigenvalue weighted by Crippen LogP contribution is -2.21. The van der Waals surface area contributed by atoms with Crippen LogP contribution in [0.4, 0.5) is 11.4 Å². The quantitative estimate of drug-likeness (QED) is 0.748. The van der Waals surface area contributed by atoms with E-state index in [0.717, 1.165) is 31.1 Å². The van der Waals surface area contributed by atoms with Gasteiger partial charge in [-0.05, 0) is 69.7 Å². The summed E-state index contributed by atoms with van der Waals surface area (Å²) in [5.74, 6) is 0.923. The molecular formula is C20H28N2O. The minimum Gasteiger partial charge on any atom is -0.491 e. The van der Waals surface area contributed by atoms with Crippen LogP contribution in [-0.2, 0) is 6.54 Å². The Balaban J connectivity index is 1.90. The molecule has 0 saturated heterocycles.